The molecule has 0 bridgehead atoms. The van der Waals surface area contributed by atoms with Crippen LogP contribution in [0.25, 0.3) is 0 Å². The van der Waals surface area contributed by atoms with Gasteiger partial charge in [0.25, 0.3) is 5.91 Å². The molecule has 0 saturated carbocycles. The fourth-order valence-corrected chi connectivity index (χ4v) is 2.64. The van der Waals surface area contributed by atoms with Gasteiger partial charge in [-0.2, -0.15) is 13.2 Å². The van der Waals surface area contributed by atoms with Gasteiger partial charge < -0.3 is 10.6 Å². The Morgan fingerprint density at radius 1 is 0.966 bits per heavy atom. The SMILES string of the molecule is CC(C)CNC(=O)c1ccccc1NC(=O)CNC(c1ccccc1)C(F)(F)F. The highest BCUT2D eigenvalue weighted by atomic mass is 19.4. The van der Waals surface area contributed by atoms with Gasteiger partial charge in [-0.3, -0.25) is 14.9 Å². The molecule has 0 aromatic heterocycles. The van der Waals surface area contributed by atoms with Crippen LogP contribution in [0.1, 0.15) is 35.8 Å². The standard InChI is InChI=1S/C21H24F3N3O2/c1-14(2)12-26-20(29)16-10-6-7-11-17(16)27-18(28)13-25-19(21(22,23)24)15-8-4-3-5-9-15/h3-11,14,19,25H,12-13H2,1-2H3,(H,26,29)(H,27,28). The lowest BCUT2D eigenvalue weighted by molar-refractivity contribution is -0.158. The van der Waals surface area contributed by atoms with E-state index in [1.54, 1.807) is 24.3 Å². The highest BCUT2D eigenvalue weighted by Gasteiger charge is 2.40. The van der Waals surface area contributed by atoms with Crippen LogP contribution in [0.2, 0.25) is 0 Å². The zero-order chi connectivity index (χ0) is 21.4. The summed E-state index contributed by atoms with van der Waals surface area (Å²) in [7, 11) is 0. The number of nitrogens with one attached hydrogen (secondary N) is 3. The van der Waals surface area contributed by atoms with Crippen molar-refractivity contribution in [2.24, 2.45) is 5.92 Å². The minimum absolute atomic E-state index is 0.0151. The molecule has 0 fully saturated rings. The number of para-hydroxylation sites is 1. The summed E-state index contributed by atoms with van der Waals surface area (Å²) in [5.41, 5.74) is 0.502. The van der Waals surface area contributed by atoms with Gasteiger partial charge in [-0.25, -0.2) is 0 Å². The Morgan fingerprint density at radius 3 is 2.21 bits per heavy atom. The van der Waals surface area contributed by atoms with E-state index in [4.69, 9.17) is 0 Å². The van der Waals surface area contributed by atoms with Gasteiger partial charge >= 0.3 is 6.18 Å². The molecule has 2 aromatic rings. The smallest absolute Gasteiger partial charge is 0.352 e. The van der Waals surface area contributed by atoms with E-state index in [0.717, 1.165) is 0 Å². The maximum Gasteiger partial charge on any atom is 0.407 e. The molecule has 0 heterocycles. The predicted molar refractivity (Wildman–Crippen MR) is 105 cm³/mol. The number of carbonyl (C=O) groups excluding carboxylic acids is 2. The maximum atomic E-state index is 13.4. The highest BCUT2D eigenvalue weighted by Crippen LogP contribution is 2.32. The number of carbonyl (C=O) groups is 2. The molecule has 0 saturated heterocycles. The van der Waals surface area contributed by atoms with E-state index in [0.29, 0.717) is 6.54 Å². The molecule has 5 nitrogen and oxygen atoms in total. The summed E-state index contributed by atoms with van der Waals surface area (Å²) >= 11 is 0. The van der Waals surface area contributed by atoms with Gasteiger partial charge in [-0.1, -0.05) is 56.3 Å². The van der Waals surface area contributed by atoms with Crippen LogP contribution < -0.4 is 16.0 Å². The number of amides is 2. The molecule has 2 amide bonds. The Morgan fingerprint density at radius 2 is 1.59 bits per heavy atom. The van der Waals surface area contributed by atoms with Crippen molar-refractivity contribution in [3.05, 3.63) is 65.7 Å². The van der Waals surface area contributed by atoms with Crippen molar-refractivity contribution < 1.29 is 22.8 Å². The minimum Gasteiger partial charge on any atom is -0.352 e. The molecular formula is C21H24F3N3O2. The fourth-order valence-electron chi connectivity index (χ4n) is 2.64. The first-order chi connectivity index (χ1) is 13.7. The maximum absolute atomic E-state index is 13.4. The van der Waals surface area contributed by atoms with Crippen molar-refractivity contribution in [1.82, 2.24) is 10.6 Å². The molecule has 1 unspecified atom stereocenters. The quantitative estimate of drug-likeness (QED) is 0.622. The van der Waals surface area contributed by atoms with Crippen LogP contribution in [0.5, 0.6) is 0 Å². The topological polar surface area (TPSA) is 70.2 Å². The molecule has 0 radical (unpaired) electrons. The molecule has 0 aliphatic rings. The Kier molecular flexibility index (Phi) is 7.78. The molecule has 8 heteroatoms. The molecule has 2 rings (SSSR count). The van der Waals surface area contributed by atoms with E-state index in [-0.39, 0.29) is 28.6 Å². The average molecular weight is 407 g/mol. The summed E-state index contributed by atoms with van der Waals surface area (Å²) in [6.07, 6.45) is -4.56. The number of hydrogen-bond donors (Lipinski definition) is 3. The number of hydrogen-bond acceptors (Lipinski definition) is 3. The second-order valence-corrected chi connectivity index (χ2v) is 6.96. The van der Waals surface area contributed by atoms with Crippen LogP contribution in [0.4, 0.5) is 18.9 Å². The van der Waals surface area contributed by atoms with E-state index < -0.39 is 24.7 Å². The first-order valence-corrected chi connectivity index (χ1v) is 9.20. The summed E-state index contributed by atoms with van der Waals surface area (Å²) in [6.45, 7) is 3.79. The Hall–Kier alpha value is -2.87. The van der Waals surface area contributed by atoms with Crippen molar-refractivity contribution in [2.75, 3.05) is 18.4 Å². The molecule has 0 aliphatic carbocycles. The van der Waals surface area contributed by atoms with Crippen molar-refractivity contribution >= 4 is 17.5 Å². The third kappa shape index (κ3) is 6.90. The Balaban J connectivity index is 2.04. The van der Waals surface area contributed by atoms with Crippen LogP contribution in [0, 0.1) is 5.92 Å². The van der Waals surface area contributed by atoms with Crippen molar-refractivity contribution in [1.29, 1.82) is 0 Å². The van der Waals surface area contributed by atoms with Gasteiger partial charge in [-0.15, -0.1) is 0 Å². The van der Waals surface area contributed by atoms with Crippen LogP contribution in [0.15, 0.2) is 54.6 Å². The molecule has 0 spiro atoms. The number of alkyl halides is 3. The largest absolute Gasteiger partial charge is 0.407 e. The first-order valence-electron chi connectivity index (χ1n) is 9.20. The van der Waals surface area contributed by atoms with Crippen molar-refractivity contribution in [3.63, 3.8) is 0 Å². The van der Waals surface area contributed by atoms with Crippen LogP contribution in [0.3, 0.4) is 0 Å². The van der Waals surface area contributed by atoms with E-state index in [1.165, 1.54) is 30.3 Å². The van der Waals surface area contributed by atoms with Crippen LogP contribution in [-0.2, 0) is 4.79 Å². The molecule has 2 aromatic carbocycles. The summed E-state index contributed by atoms with van der Waals surface area (Å²) < 4.78 is 40.1. The van der Waals surface area contributed by atoms with Gasteiger partial charge in [0, 0.05) is 6.54 Å². The second kappa shape index (κ2) is 10.1. The van der Waals surface area contributed by atoms with Crippen LogP contribution >= 0.6 is 0 Å². The molecule has 156 valence electrons. The van der Waals surface area contributed by atoms with Gasteiger partial charge in [0.2, 0.25) is 5.91 Å². The highest BCUT2D eigenvalue weighted by molar-refractivity contribution is 6.04. The Bertz CT molecular complexity index is 823. The number of halogens is 3. The third-order valence-electron chi connectivity index (χ3n) is 4.04. The van der Waals surface area contributed by atoms with Crippen molar-refractivity contribution in [2.45, 2.75) is 26.1 Å². The normalized spacial score (nSPS) is 12.5. The average Bonchev–Trinajstić information content (AvgIpc) is 2.66. The summed E-state index contributed by atoms with van der Waals surface area (Å²) in [6, 6.07) is 11.7. The molecular weight excluding hydrogens is 383 g/mol. The van der Waals surface area contributed by atoms with Gasteiger partial charge in [0.1, 0.15) is 6.04 Å². The van der Waals surface area contributed by atoms with Gasteiger partial charge in [-0.05, 0) is 23.6 Å². The summed E-state index contributed by atoms with van der Waals surface area (Å²) in [4.78, 5) is 24.6. The van der Waals surface area contributed by atoms with Crippen molar-refractivity contribution in [3.8, 4) is 0 Å². The minimum atomic E-state index is -4.56. The molecule has 29 heavy (non-hydrogen) atoms. The van der Waals surface area contributed by atoms with Gasteiger partial charge in [0.05, 0.1) is 17.8 Å². The second-order valence-electron chi connectivity index (χ2n) is 6.96. The number of rotatable bonds is 8. The lowest BCUT2D eigenvalue weighted by Crippen LogP contribution is -2.39. The lowest BCUT2D eigenvalue weighted by atomic mass is 10.1. The zero-order valence-corrected chi connectivity index (χ0v) is 16.2. The van der Waals surface area contributed by atoms with E-state index in [1.807, 2.05) is 13.8 Å². The van der Waals surface area contributed by atoms with E-state index >= 15 is 0 Å². The number of anilines is 1. The molecule has 1 atom stereocenters. The number of benzene rings is 2. The third-order valence-corrected chi connectivity index (χ3v) is 4.04. The lowest BCUT2D eigenvalue weighted by Gasteiger charge is -2.22. The monoisotopic (exact) mass is 407 g/mol. The Labute approximate surface area is 167 Å². The first kappa shape index (κ1) is 22.4. The molecule has 3 N–H and O–H groups in total. The zero-order valence-electron chi connectivity index (χ0n) is 16.2. The van der Waals surface area contributed by atoms with Crippen LogP contribution in [-0.4, -0.2) is 31.1 Å². The summed E-state index contributed by atoms with van der Waals surface area (Å²) in [5, 5.41) is 7.50. The fraction of sp³-hybridized carbons (Fsp3) is 0.333. The van der Waals surface area contributed by atoms with E-state index in [2.05, 4.69) is 16.0 Å². The van der Waals surface area contributed by atoms with Gasteiger partial charge in [0.15, 0.2) is 0 Å². The summed E-state index contributed by atoms with van der Waals surface area (Å²) in [5.74, 6) is -0.790. The van der Waals surface area contributed by atoms with E-state index in [9.17, 15) is 22.8 Å². The predicted octanol–water partition coefficient (Wildman–Crippen LogP) is 3.90. The molecule has 0 aliphatic heterocycles.